The van der Waals surface area contributed by atoms with Crippen molar-refractivity contribution < 1.29 is 4.74 Å². The van der Waals surface area contributed by atoms with Gasteiger partial charge in [-0.2, -0.15) is 0 Å². The second-order valence-electron chi connectivity index (χ2n) is 4.49. The number of nitrogens with zero attached hydrogens (tertiary/aromatic N) is 3. The van der Waals surface area contributed by atoms with Crippen LogP contribution in [0.4, 0.5) is 5.82 Å². The van der Waals surface area contributed by atoms with Crippen LogP contribution in [-0.2, 0) is 4.74 Å². The summed E-state index contributed by atoms with van der Waals surface area (Å²) in [4.78, 5) is 2.14. The summed E-state index contributed by atoms with van der Waals surface area (Å²) >= 11 is 6.08. The van der Waals surface area contributed by atoms with Gasteiger partial charge in [0.15, 0.2) is 11.0 Å². The first kappa shape index (κ1) is 11.7. The van der Waals surface area contributed by atoms with Gasteiger partial charge in [-0.05, 0) is 6.42 Å². The first-order valence-corrected chi connectivity index (χ1v) is 6.36. The normalized spacial score (nSPS) is 19.3. The highest BCUT2D eigenvalue weighted by atomic mass is 35.5. The van der Waals surface area contributed by atoms with E-state index >= 15 is 0 Å². The molecule has 0 bridgehead atoms. The largest absolute Gasteiger partial charge is 0.379 e. The summed E-state index contributed by atoms with van der Waals surface area (Å²) in [6.45, 7) is 1.56. The fraction of sp³-hybridized carbons (Fsp3) is 0.385. The first-order chi connectivity index (χ1) is 8.77. The van der Waals surface area contributed by atoms with E-state index in [2.05, 4.69) is 15.1 Å². The van der Waals surface area contributed by atoms with Crippen LogP contribution in [0.15, 0.2) is 24.3 Å². The van der Waals surface area contributed by atoms with Crippen molar-refractivity contribution in [3.63, 3.8) is 0 Å². The van der Waals surface area contributed by atoms with Crippen LogP contribution in [0.3, 0.4) is 0 Å². The second kappa shape index (κ2) is 4.71. The quantitative estimate of drug-likeness (QED) is 0.835. The highest BCUT2D eigenvalue weighted by Gasteiger charge is 2.23. The van der Waals surface area contributed by atoms with Gasteiger partial charge in [-0.25, -0.2) is 0 Å². The minimum atomic E-state index is 0.365. The van der Waals surface area contributed by atoms with Crippen LogP contribution in [0.5, 0.6) is 0 Å². The van der Waals surface area contributed by atoms with E-state index in [1.54, 1.807) is 0 Å². The standard InChI is InChI=1S/C13H14ClN3O/c1-17(9-6-7-18-8-9)13-11-5-3-2-4-10(11)12(14)15-16-13/h2-5,9H,6-8H2,1H3. The number of fused-ring (bicyclic) bond motifs is 1. The highest BCUT2D eigenvalue weighted by molar-refractivity contribution is 6.34. The SMILES string of the molecule is CN(c1nnc(Cl)c2ccccc12)C1CCOC1. The predicted molar refractivity (Wildman–Crippen MR) is 72.2 cm³/mol. The number of aromatic nitrogens is 2. The molecule has 1 aliphatic rings. The van der Waals surface area contributed by atoms with Crippen LogP contribution < -0.4 is 4.90 Å². The monoisotopic (exact) mass is 263 g/mol. The molecular formula is C13H14ClN3O. The Hall–Kier alpha value is -1.39. The summed E-state index contributed by atoms with van der Waals surface area (Å²) in [7, 11) is 2.03. The Morgan fingerprint density at radius 3 is 2.78 bits per heavy atom. The minimum absolute atomic E-state index is 0.365. The molecule has 2 aromatic rings. The third-order valence-electron chi connectivity index (χ3n) is 3.41. The molecule has 1 saturated heterocycles. The Labute approximate surface area is 111 Å². The summed E-state index contributed by atoms with van der Waals surface area (Å²) in [5.74, 6) is 0.866. The summed E-state index contributed by atoms with van der Waals surface area (Å²) < 4.78 is 5.42. The minimum Gasteiger partial charge on any atom is -0.379 e. The van der Waals surface area contributed by atoms with E-state index in [-0.39, 0.29) is 0 Å². The maximum Gasteiger partial charge on any atom is 0.159 e. The molecule has 4 nitrogen and oxygen atoms in total. The van der Waals surface area contributed by atoms with E-state index in [0.717, 1.165) is 36.2 Å². The van der Waals surface area contributed by atoms with Gasteiger partial charge in [0.25, 0.3) is 0 Å². The van der Waals surface area contributed by atoms with Gasteiger partial charge >= 0.3 is 0 Å². The number of likely N-dealkylation sites (N-methyl/N-ethyl adjacent to an activating group) is 1. The number of rotatable bonds is 2. The van der Waals surface area contributed by atoms with Gasteiger partial charge in [0.2, 0.25) is 0 Å². The van der Waals surface area contributed by atoms with Gasteiger partial charge in [0, 0.05) is 24.4 Å². The van der Waals surface area contributed by atoms with Gasteiger partial charge in [-0.3, -0.25) is 0 Å². The Bertz CT molecular complexity index is 569. The molecule has 0 spiro atoms. The van der Waals surface area contributed by atoms with Crippen LogP contribution in [0.2, 0.25) is 5.15 Å². The van der Waals surface area contributed by atoms with Gasteiger partial charge in [-0.15, -0.1) is 10.2 Å². The molecule has 18 heavy (non-hydrogen) atoms. The van der Waals surface area contributed by atoms with Crippen LogP contribution in [-0.4, -0.2) is 36.5 Å². The fourth-order valence-corrected chi connectivity index (χ4v) is 2.52. The molecule has 0 radical (unpaired) electrons. The molecule has 0 N–H and O–H groups in total. The molecule has 1 aromatic heterocycles. The molecule has 2 heterocycles. The zero-order valence-electron chi connectivity index (χ0n) is 10.1. The average Bonchev–Trinajstić information content (AvgIpc) is 2.93. The molecule has 94 valence electrons. The molecule has 1 fully saturated rings. The lowest BCUT2D eigenvalue weighted by Crippen LogP contribution is -2.32. The van der Waals surface area contributed by atoms with E-state index in [0.29, 0.717) is 11.2 Å². The topological polar surface area (TPSA) is 38.2 Å². The number of hydrogen-bond donors (Lipinski definition) is 0. The van der Waals surface area contributed by atoms with Crippen molar-refractivity contribution in [3.8, 4) is 0 Å². The van der Waals surface area contributed by atoms with Gasteiger partial charge in [-0.1, -0.05) is 35.9 Å². The van der Waals surface area contributed by atoms with Gasteiger partial charge in [0.1, 0.15) is 0 Å². The number of hydrogen-bond acceptors (Lipinski definition) is 4. The van der Waals surface area contributed by atoms with Crippen LogP contribution >= 0.6 is 11.6 Å². The highest BCUT2D eigenvalue weighted by Crippen LogP contribution is 2.29. The maximum atomic E-state index is 6.08. The summed E-state index contributed by atoms with van der Waals surface area (Å²) in [5.41, 5.74) is 0. The molecule has 1 aliphatic heterocycles. The zero-order chi connectivity index (χ0) is 12.5. The Kier molecular flexibility index (Phi) is 3.06. The number of benzene rings is 1. The lowest BCUT2D eigenvalue weighted by molar-refractivity contribution is 0.193. The third-order valence-corrected chi connectivity index (χ3v) is 3.69. The smallest absolute Gasteiger partial charge is 0.159 e. The molecule has 3 rings (SSSR count). The van der Waals surface area contributed by atoms with Crippen molar-refractivity contribution >= 4 is 28.2 Å². The van der Waals surface area contributed by atoms with E-state index in [1.807, 2.05) is 31.3 Å². The second-order valence-corrected chi connectivity index (χ2v) is 4.85. The van der Waals surface area contributed by atoms with Crippen LogP contribution in [0, 0.1) is 0 Å². The van der Waals surface area contributed by atoms with Crippen molar-refractivity contribution in [3.05, 3.63) is 29.4 Å². The van der Waals surface area contributed by atoms with Crippen LogP contribution in [0.25, 0.3) is 10.8 Å². The molecule has 0 aliphatic carbocycles. The summed E-state index contributed by atoms with van der Waals surface area (Å²) in [5, 5.41) is 10.7. The summed E-state index contributed by atoms with van der Waals surface area (Å²) in [6, 6.07) is 8.30. The predicted octanol–water partition coefficient (Wildman–Crippen LogP) is 2.51. The average molecular weight is 264 g/mol. The molecule has 1 atom stereocenters. The molecule has 0 saturated carbocycles. The maximum absolute atomic E-state index is 6.08. The Morgan fingerprint density at radius 1 is 1.28 bits per heavy atom. The van der Waals surface area contributed by atoms with E-state index in [9.17, 15) is 0 Å². The van der Waals surface area contributed by atoms with Gasteiger partial charge < -0.3 is 9.64 Å². The number of halogens is 1. The Morgan fingerprint density at radius 2 is 2.06 bits per heavy atom. The van der Waals surface area contributed by atoms with E-state index in [1.165, 1.54) is 0 Å². The van der Waals surface area contributed by atoms with Crippen molar-refractivity contribution in [1.29, 1.82) is 0 Å². The van der Waals surface area contributed by atoms with Crippen molar-refractivity contribution in [2.45, 2.75) is 12.5 Å². The third kappa shape index (κ3) is 1.91. The lowest BCUT2D eigenvalue weighted by Gasteiger charge is -2.24. The number of anilines is 1. The fourth-order valence-electron chi connectivity index (χ4n) is 2.32. The zero-order valence-corrected chi connectivity index (χ0v) is 10.9. The molecular weight excluding hydrogens is 250 g/mol. The van der Waals surface area contributed by atoms with Crippen molar-refractivity contribution in [2.24, 2.45) is 0 Å². The van der Waals surface area contributed by atoms with Crippen molar-refractivity contribution in [2.75, 3.05) is 25.2 Å². The van der Waals surface area contributed by atoms with E-state index < -0.39 is 0 Å². The molecule has 0 amide bonds. The molecule has 1 unspecified atom stereocenters. The summed E-state index contributed by atoms with van der Waals surface area (Å²) in [6.07, 6.45) is 1.02. The van der Waals surface area contributed by atoms with E-state index in [4.69, 9.17) is 16.3 Å². The molecule has 5 heteroatoms. The lowest BCUT2D eigenvalue weighted by atomic mass is 10.1. The first-order valence-electron chi connectivity index (χ1n) is 5.99. The number of ether oxygens (including phenoxy) is 1. The van der Waals surface area contributed by atoms with Crippen molar-refractivity contribution in [1.82, 2.24) is 10.2 Å². The van der Waals surface area contributed by atoms with Crippen LogP contribution in [0.1, 0.15) is 6.42 Å². The Balaban J connectivity index is 2.08. The molecule has 1 aromatic carbocycles. The van der Waals surface area contributed by atoms with Gasteiger partial charge in [0.05, 0.1) is 12.6 Å².